The summed E-state index contributed by atoms with van der Waals surface area (Å²) in [5.74, 6) is -0.164. The topological polar surface area (TPSA) is 122 Å². The number of nitrogens with zero attached hydrogens (tertiary/aromatic N) is 3. The molecule has 1 saturated heterocycles. The smallest absolute Gasteiger partial charge is 0.258 e. The number of amides is 2. The van der Waals surface area contributed by atoms with Crippen molar-refractivity contribution >= 4 is 28.7 Å². The zero-order chi connectivity index (χ0) is 27.4. The van der Waals surface area contributed by atoms with Gasteiger partial charge in [0.15, 0.2) is 0 Å². The van der Waals surface area contributed by atoms with Crippen molar-refractivity contribution in [1.82, 2.24) is 25.1 Å². The van der Waals surface area contributed by atoms with Gasteiger partial charge in [0.05, 0.1) is 17.5 Å². The van der Waals surface area contributed by atoms with Crippen LogP contribution in [0.25, 0.3) is 22.3 Å². The molecule has 2 aromatic heterocycles. The van der Waals surface area contributed by atoms with Crippen LogP contribution in [0.2, 0.25) is 0 Å². The molecule has 1 fully saturated rings. The molecular weight excluding hydrogens is 480 g/mol. The molecule has 2 amide bonds. The maximum Gasteiger partial charge on any atom is 0.258 e. The minimum atomic E-state index is -0.512. The van der Waals surface area contributed by atoms with Crippen LogP contribution in [0, 0.1) is 5.92 Å². The lowest BCUT2D eigenvalue weighted by atomic mass is 10.0. The highest BCUT2D eigenvalue weighted by Crippen LogP contribution is 2.24. The van der Waals surface area contributed by atoms with Gasteiger partial charge in [-0.3, -0.25) is 19.3 Å². The molecule has 4 N–H and O–H groups in total. The first-order chi connectivity index (χ1) is 18.2. The summed E-state index contributed by atoms with van der Waals surface area (Å²) in [4.78, 5) is 45.3. The number of carbonyl (C=O) groups excluding carboxylic acids is 2. The van der Waals surface area contributed by atoms with Crippen LogP contribution in [-0.2, 0) is 17.8 Å². The molecule has 0 bridgehead atoms. The summed E-state index contributed by atoms with van der Waals surface area (Å²) in [5, 5.41) is 5.94. The van der Waals surface area contributed by atoms with E-state index in [9.17, 15) is 14.4 Å². The minimum absolute atomic E-state index is 0.0182. The monoisotopic (exact) mass is 518 g/mol. The average molecular weight is 519 g/mol. The summed E-state index contributed by atoms with van der Waals surface area (Å²) < 4.78 is 1.75. The number of nitrogens with one attached hydrogen (secondary N) is 2. The van der Waals surface area contributed by atoms with Gasteiger partial charge in [0.2, 0.25) is 11.3 Å². The molecule has 4 rings (SSSR count). The van der Waals surface area contributed by atoms with E-state index in [-0.39, 0.29) is 23.2 Å². The molecule has 1 aliphatic heterocycles. The van der Waals surface area contributed by atoms with Crippen molar-refractivity contribution in [1.29, 1.82) is 0 Å². The molecule has 1 aliphatic rings. The second-order valence-corrected chi connectivity index (χ2v) is 10.3. The fourth-order valence-electron chi connectivity index (χ4n) is 5.20. The lowest BCUT2D eigenvalue weighted by molar-refractivity contribution is -0.120. The van der Waals surface area contributed by atoms with Gasteiger partial charge in [-0.15, -0.1) is 0 Å². The van der Waals surface area contributed by atoms with Crippen molar-refractivity contribution in [2.24, 2.45) is 5.92 Å². The van der Waals surface area contributed by atoms with E-state index in [1.165, 1.54) is 13.5 Å². The standard InChI is InChI=1S/C29H38N6O3/c1-5-34-14-6-7-21(34)16-32-24(36)15-19-8-10-20(11-9-19)23-13-12-22-26(37)25(29(38)31-4)27(30)35(17-18(2)3)28(22)33-23/h8-13,18,21H,5-7,14-17,30H2,1-4H3,(H,31,38)(H,32,36)/t21-/m1/s1. The minimum Gasteiger partial charge on any atom is -0.384 e. The van der Waals surface area contributed by atoms with Gasteiger partial charge in [0, 0.05) is 31.7 Å². The fraction of sp³-hybridized carbons (Fsp3) is 0.448. The predicted octanol–water partition coefficient (Wildman–Crippen LogP) is 2.80. The van der Waals surface area contributed by atoms with Gasteiger partial charge < -0.3 is 20.9 Å². The van der Waals surface area contributed by atoms with Gasteiger partial charge in [-0.25, -0.2) is 4.98 Å². The largest absolute Gasteiger partial charge is 0.384 e. The highest BCUT2D eigenvalue weighted by atomic mass is 16.2. The third-order valence-electron chi connectivity index (χ3n) is 7.21. The van der Waals surface area contributed by atoms with Crippen LogP contribution >= 0.6 is 0 Å². The van der Waals surface area contributed by atoms with Gasteiger partial charge in [-0.1, -0.05) is 45.0 Å². The number of anilines is 1. The van der Waals surface area contributed by atoms with Crippen LogP contribution in [0.3, 0.4) is 0 Å². The number of nitrogen functional groups attached to an aromatic ring is 1. The number of fused-ring (bicyclic) bond motifs is 1. The zero-order valence-corrected chi connectivity index (χ0v) is 22.7. The van der Waals surface area contributed by atoms with Crippen LogP contribution in [0.4, 0.5) is 5.82 Å². The van der Waals surface area contributed by atoms with Gasteiger partial charge in [0.1, 0.15) is 17.0 Å². The van der Waals surface area contributed by atoms with Gasteiger partial charge in [0.25, 0.3) is 5.91 Å². The molecule has 3 heterocycles. The summed E-state index contributed by atoms with van der Waals surface area (Å²) in [6.07, 6.45) is 2.64. The Bertz CT molecular complexity index is 1380. The number of benzene rings is 1. The van der Waals surface area contributed by atoms with Gasteiger partial charge >= 0.3 is 0 Å². The quantitative estimate of drug-likeness (QED) is 0.400. The van der Waals surface area contributed by atoms with E-state index in [0.717, 1.165) is 30.6 Å². The Morgan fingerprint density at radius 2 is 1.89 bits per heavy atom. The summed E-state index contributed by atoms with van der Waals surface area (Å²) in [7, 11) is 1.47. The Morgan fingerprint density at radius 1 is 1.16 bits per heavy atom. The highest BCUT2D eigenvalue weighted by molar-refractivity contribution is 6.01. The van der Waals surface area contributed by atoms with Crippen molar-refractivity contribution < 1.29 is 9.59 Å². The predicted molar refractivity (Wildman–Crippen MR) is 151 cm³/mol. The number of aromatic nitrogens is 2. The summed E-state index contributed by atoms with van der Waals surface area (Å²) in [6.45, 7) is 9.55. The molecule has 0 unspecified atom stereocenters. The Labute approximate surface area is 223 Å². The third kappa shape index (κ3) is 5.72. The van der Waals surface area contributed by atoms with E-state index < -0.39 is 11.3 Å². The number of rotatable bonds is 9. The number of pyridine rings is 2. The van der Waals surface area contributed by atoms with Crippen molar-refractivity contribution in [3.63, 3.8) is 0 Å². The number of hydrogen-bond donors (Lipinski definition) is 3. The van der Waals surface area contributed by atoms with E-state index in [1.807, 2.05) is 38.1 Å². The molecule has 0 spiro atoms. The molecule has 0 radical (unpaired) electrons. The Hall–Kier alpha value is -3.72. The van der Waals surface area contributed by atoms with E-state index in [0.29, 0.717) is 42.3 Å². The number of likely N-dealkylation sites (tertiary alicyclic amines) is 1. The van der Waals surface area contributed by atoms with Crippen LogP contribution < -0.4 is 21.8 Å². The van der Waals surface area contributed by atoms with E-state index >= 15 is 0 Å². The molecule has 0 aliphatic carbocycles. The zero-order valence-electron chi connectivity index (χ0n) is 22.7. The van der Waals surface area contributed by atoms with E-state index in [2.05, 4.69) is 22.5 Å². The lowest BCUT2D eigenvalue weighted by Crippen LogP contribution is -2.40. The first-order valence-corrected chi connectivity index (χ1v) is 13.4. The Morgan fingerprint density at radius 3 is 2.55 bits per heavy atom. The second kappa shape index (κ2) is 11.8. The first kappa shape index (κ1) is 27.3. The average Bonchev–Trinajstić information content (AvgIpc) is 3.37. The van der Waals surface area contributed by atoms with Crippen LogP contribution in [-0.4, -0.2) is 59.0 Å². The van der Waals surface area contributed by atoms with E-state index in [1.54, 1.807) is 16.7 Å². The number of likely N-dealkylation sites (N-methyl/N-ethyl adjacent to an activating group) is 1. The number of nitrogens with two attached hydrogens (primary N) is 1. The summed E-state index contributed by atoms with van der Waals surface area (Å²) in [5.41, 5.74) is 8.74. The van der Waals surface area contributed by atoms with Crippen LogP contribution in [0.1, 0.15) is 49.5 Å². The van der Waals surface area contributed by atoms with E-state index in [4.69, 9.17) is 10.7 Å². The SMILES string of the molecule is CCN1CCC[C@@H]1CNC(=O)Cc1ccc(-c2ccc3c(=O)c(C(=O)NC)c(N)n(CC(C)C)c3n2)cc1. The number of carbonyl (C=O) groups is 2. The van der Waals surface area contributed by atoms with Crippen molar-refractivity contribution in [2.75, 3.05) is 32.4 Å². The molecule has 9 heteroatoms. The highest BCUT2D eigenvalue weighted by Gasteiger charge is 2.24. The lowest BCUT2D eigenvalue weighted by Gasteiger charge is -2.22. The number of hydrogen-bond acceptors (Lipinski definition) is 6. The molecule has 3 aromatic rings. The molecule has 0 saturated carbocycles. The summed E-state index contributed by atoms with van der Waals surface area (Å²) in [6, 6.07) is 11.6. The fourth-order valence-corrected chi connectivity index (χ4v) is 5.20. The molecule has 9 nitrogen and oxygen atoms in total. The molecule has 38 heavy (non-hydrogen) atoms. The van der Waals surface area contributed by atoms with Gasteiger partial charge in [-0.2, -0.15) is 0 Å². The van der Waals surface area contributed by atoms with Crippen molar-refractivity contribution in [3.05, 3.63) is 57.7 Å². The normalized spacial score (nSPS) is 15.8. The van der Waals surface area contributed by atoms with Crippen molar-refractivity contribution in [2.45, 2.75) is 52.6 Å². The van der Waals surface area contributed by atoms with Crippen molar-refractivity contribution in [3.8, 4) is 11.3 Å². The van der Waals surface area contributed by atoms with Crippen LogP contribution in [0.15, 0.2) is 41.2 Å². The first-order valence-electron chi connectivity index (χ1n) is 13.4. The molecule has 202 valence electrons. The molecule has 1 atom stereocenters. The molecular formula is C29H38N6O3. The Balaban J connectivity index is 1.56. The Kier molecular flexibility index (Phi) is 8.46. The second-order valence-electron chi connectivity index (χ2n) is 10.3. The van der Waals surface area contributed by atoms with Gasteiger partial charge in [-0.05, 0) is 49.5 Å². The van der Waals surface area contributed by atoms with Crippen LogP contribution in [0.5, 0.6) is 0 Å². The third-order valence-corrected chi connectivity index (χ3v) is 7.21. The maximum atomic E-state index is 13.1. The maximum absolute atomic E-state index is 13.1. The summed E-state index contributed by atoms with van der Waals surface area (Å²) >= 11 is 0. The molecule has 1 aromatic carbocycles.